The topological polar surface area (TPSA) is 140 Å². The lowest BCUT2D eigenvalue weighted by Gasteiger charge is -2.34. The number of nitrogens with zero attached hydrogens (tertiary/aromatic N) is 7. The van der Waals surface area contributed by atoms with Crippen molar-refractivity contribution in [3.63, 3.8) is 0 Å². The zero-order valence-electron chi connectivity index (χ0n) is 27.7. The molecule has 1 aliphatic rings. The zero-order chi connectivity index (χ0) is 35.1. The molecule has 4 heterocycles. The number of nitrogens with one attached hydrogen (secondary N) is 1. The Morgan fingerprint density at radius 2 is 1.84 bits per heavy atom. The maximum Gasteiger partial charge on any atom is 0.333 e. The summed E-state index contributed by atoms with van der Waals surface area (Å²) in [6.07, 6.45) is 4.41. The van der Waals surface area contributed by atoms with Crippen molar-refractivity contribution >= 4 is 38.6 Å². The highest BCUT2D eigenvalue weighted by Crippen LogP contribution is 2.28. The van der Waals surface area contributed by atoms with Gasteiger partial charge >= 0.3 is 5.69 Å². The lowest BCUT2D eigenvalue weighted by atomic mass is 10.1. The molecule has 50 heavy (non-hydrogen) atoms. The van der Waals surface area contributed by atoms with E-state index in [1.807, 2.05) is 62.4 Å². The Balaban J connectivity index is 1.30. The van der Waals surface area contributed by atoms with Crippen LogP contribution in [0.15, 0.2) is 94.6 Å². The van der Waals surface area contributed by atoms with Crippen LogP contribution >= 0.6 is 15.9 Å². The minimum absolute atomic E-state index is 0.0586. The Kier molecular flexibility index (Phi) is 8.93. The number of carbonyl (C=O) groups excluding carboxylic acids is 2. The van der Waals surface area contributed by atoms with E-state index in [1.54, 1.807) is 57.9 Å². The number of aromatic nitrogens is 6. The normalized spacial score (nSPS) is 14.8. The molecule has 6 aromatic rings. The van der Waals surface area contributed by atoms with Gasteiger partial charge in [-0.1, -0.05) is 40.2 Å². The van der Waals surface area contributed by atoms with Crippen molar-refractivity contribution < 1.29 is 14.7 Å². The van der Waals surface area contributed by atoms with E-state index in [0.29, 0.717) is 29.3 Å². The van der Waals surface area contributed by atoms with Gasteiger partial charge in [-0.25, -0.2) is 14.8 Å². The average Bonchev–Trinajstić information content (AvgIpc) is 3.64. The minimum Gasteiger partial charge on any atom is -0.391 e. The van der Waals surface area contributed by atoms with E-state index in [2.05, 4.69) is 36.3 Å². The Morgan fingerprint density at radius 3 is 2.60 bits per heavy atom. The van der Waals surface area contributed by atoms with Crippen molar-refractivity contribution in [1.82, 2.24) is 39.1 Å². The molecule has 1 aliphatic heterocycles. The molecule has 0 aliphatic carbocycles. The van der Waals surface area contributed by atoms with Crippen LogP contribution in [0.5, 0.6) is 0 Å². The number of aryl methyl sites for hydroxylation is 1. The van der Waals surface area contributed by atoms with Crippen molar-refractivity contribution in [3.8, 4) is 17.1 Å². The van der Waals surface area contributed by atoms with Gasteiger partial charge in [0.1, 0.15) is 5.69 Å². The van der Waals surface area contributed by atoms with E-state index in [4.69, 9.17) is 0 Å². The number of imidazole rings is 1. The van der Waals surface area contributed by atoms with E-state index in [-0.39, 0.29) is 43.0 Å². The maximum absolute atomic E-state index is 14.4. The highest BCUT2D eigenvalue weighted by molar-refractivity contribution is 9.10. The van der Waals surface area contributed by atoms with Crippen LogP contribution < -0.4 is 11.0 Å². The van der Waals surface area contributed by atoms with E-state index in [1.165, 1.54) is 4.57 Å². The van der Waals surface area contributed by atoms with E-state index >= 15 is 0 Å². The molecule has 0 unspecified atom stereocenters. The van der Waals surface area contributed by atoms with Gasteiger partial charge in [0.15, 0.2) is 5.82 Å². The standard InChI is InChI=1S/C37H35BrN8O4/c1-22-15-25(9-11-30(22)38)36(49)43-21-32-33(35(48)41-17-26-7-4-5-8-29(26)34-39-13-6-14-40-34)46(37(50)44(32)19-23(43)2)28-10-12-31-27(16-28)18-42-45(31)20-24(3)47/h4-16,18,23-24,47H,17,19-21H2,1-3H3,(H,41,48)/t23-,24+/m1/s1. The second-order valence-electron chi connectivity index (χ2n) is 12.6. The molecule has 3 aromatic carbocycles. The fraction of sp³-hybridized carbons (Fsp3) is 0.243. The third kappa shape index (κ3) is 6.14. The zero-order valence-corrected chi connectivity index (χ0v) is 29.3. The van der Waals surface area contributed by atoms with Gasteiger partial charge in [-0.05, 0) is 74.4 Å². The van der Waals surface area contributed by atoms with Crippen LogP contribution in [0.25, 0.3) is 28.0 Å². The molecule has 2 atom stereocenters. The predicted octanol–water partition coefficient (Wildman–Crippen LogP) is 4.87. The first-order valence-corrected chi connectivity index (χ1v) is 17.1. The number of hydrogen-bond donors (Lipinski definition) is 2. The fourth-order valence-corrected chi connectivity index (χ4v) is 6.75. The second kappa shape index (κ2) is 13.5. The average molecular weight is 736 g/mol. The van der Waals surface area contributed by atoms with Gasteiger partial charge in [-0.15, -0.1) is 0 Å². The van der Waals surface area contributed by atoms with Crippen LogP contribution in [-0.2, 0) is 26.2 Å². The largest absolute Gasteiger partial charge is 0.391 e. The number of hydrogen-bond acceptors (Lipinski definition) is 7. The van der Waals surface area contributed by atoms with Crippen molar-refractivity contribution in [2.45, 2.75) is 59.1 Å². The Bertz CT molecular complexity index is 2310. The van der Waals surface area contributed by atoms with Crippen LogP contribution in [0.4, 0.5) is 0 Å². The second-order valence-corrected chi connectivity index (χ2v) is 13.5. The van der Waals surface area contributed by atoms with Crippen LogP contribution in [0, 0.1) is 6.92 Å². The highest BCUT2D eigenvalue weighted by atomic mass is 79.9. The first-order valence-electron chi connectivity index (χ1n) is 16.3. The van der Waals surface area contributed by atoms with Gasteiger partial charge in [0.05, 0.1) is 42.3 Å². The molecule has 254 valence electrons. The van der Waals surface area contributed by atoms with Crippen LogP contribution in [0.1, 0.15) is 51.5 Å². The number of benzene rings is 3. The van der Waals surface area contributed by atoms with Crippen molar-refractivity contribution in [3.05, 3.63) is 128 Å². The summed E-state index contributed by atoms with van der Waals surface area (Å²) >= 11 is 3.51. The first kappa shape index (κ1) is 33.1. The minimum atomic E-state index is -0.596. The van der Waals surface area contributed by atoms with Gasteiger partial charge in [0, 0.05) is 52.5 Å². The smallest absolute Gasteiger partial charge is 0.333 e. The molecule has 13 heteroatoms. The molecule has 0 bridgehead atoms. The van der Waals surface area contributed by atoms with Crippen LogP contribution in [0.2, 0.25) is 0 Å². The Labute approximate surface area is 296 Å². The van der Waals surface area contributed by atoms with Gasteiger partial charge in [0.25, 0.3) is 11.8 Å². The molecule has 0 fully saturated rings. The summed E-state index contributed by atoms with van der Waals surface area (Å²) in [6.45, 7) is 6.25. The summed E-state index contributed by atoms with van der Waals surface area (Å²) in [6, 6.07) is 19.8. The molecular weight excluding hydrogens is 700 g/mol. The van der Waals surface area contributed by atoms with Crippen LogP contribution in [-0.4, -0.2) is 62.8 Å². The number of amides is 2. The molecule has 7 rings (SSSR count). The predicted molar refractivity (Wildman–Crippen MR) is 192 cm³/mol. The number of halogens is 1. The van der Waals surface area contributed by atoms with Crippen molar-refractivity contribution in [2.75, 3.05) is 0 Å². The van der Waals surface area contributed by atoms with Crippen molar-refractivity contribution in [2.24, 2.45) is 0 Å². The number of carbonyl (C=O) groups is 2. The summed E-state index contributed by atoms with van der Waals surface area (Å²) in [5.74, 6) is -0.119. The first-order chi connectivity index (χ1) is 24.1. The molecular formula is C37H35BrN8O4. The number of aliphatic hydroxyl groups excluding tert-OH is 1. The highest BCUT2D eigenvalue weighted by Gasteiger charge is 2.35. The Morgan fingerprint density at radius 1 is 1.06 bits per heavy atom. The lowest BCUT2D eigenvalue weighted by molar-refractivity contribution is 0.0610. The Hall–Kier alpha value is -5.40. The third-order valence-corrected chi connectivity index (χ3v) is 9.90. The summed E-state index contributed by atoms with van der Waals surface area (Å²) in [5, 5.41) is 18.2. The van der Waals surface area contributed by atoms with E-state index < -0.39 is 12.0 Å². The summed E-state index contributed by atoms with van der Waals surface area (Å²) in [5.41, 5.74) is 4.52. The monoisotopic (exact) mass is 734 g/mol. The van der Waals surface area contributed by atoms with Gasteiger partial charge in [-0.2, -0.15) is 5.10 Å². The molecule has 2 amide bonds. The SMILES string of the molecule is Cc1cc(C(=O)N2Cc3c(C(=O)NCc4ccccc4-c4ncccn4)n(-c4ccc5c(cnn5C[C@H](C)O)c4)c(=O)n3C[C@H]2C)ccc1Br. The molecule has 3 aromatic heterocycles. The number of rotatable bonds is 8. The van der Waals surface area contributed by atoms with Gasteiger partial charge in [-0.3, -0.25) is 23.4 Å². The molecule has 12 nitrogen and oxygen atoms in total. The van der Waals surface area contributed by atoms with Crippen molar-refractivity contribution in [1.29, 1.82) is 0 Å². The maximum atomic E-state index is 14.4. The quantitative estimate of drug-likeness (QED) is 0.227. The molecule has 0 saturated carbocycles. The van der Waals surface area contributed by atoms with E-state index in [9.17, 15) is 19.5 Å². The van der Waals surface area contributed by atoms with Gasteiger partial charge in [0.2, 0.25) is 0 Å². The number of aliphatic hydroxyl groups is 1. The molecule has 0 spiro atoms. The van der Waals surface area contributed by atoms with Crippen LogP contribution in [0.3, 0.4) is 0 Å². The molecule has 0 radical (unpaired) electrons. The van der Waals surface area contributed by atoms with Gasteiger partial charge < -0.3 is 15.3 Å². The summed E-state index contributed by atoms with van der Waals surface area (Å²) in [4.78, 5) is 53.1. The molecule has 0 saturated heterocycles. The summed E-state index contributed by atoms with van der Waals surface area (Å²) in [7, 11) is 0. The fourth-order valence-electron chi connectivity index (χ4n) is 6.50. The lowest BCUT2D eigenvalue weighted by Crippen LogP contribution is -2.47. The third-order valence-electron chi connectivity index (χ3n) is 9.01. The van der Waals surface area contributed by atoms with E-state index in [0.717, 1.165) is 32.1 Å². The summed E-state index contributed by atoms with van der Waals surface area (Å²) < 4.78 is 5.63. The molecule has 2 N–H and O–H groups in total. The number of fused-ring (bicyclic) bond motifs is 2.